The minimum absolute atomic E-state index is 0.00484. The Morgan fingerprint density at radius 3 is 2.61 bits per heavy atom. The van der Waals surface area contributed by atoms with Crippen molar-refractivity contribution in [3.8, 4) is 5.82 Å². The van der Waals surface area contributed by atoms with Gasteiger partial charge in [-0.1, -0.05) is 28.9 Å². The number of nitrogens with zero attached hydrogens (tertiary/aromatic N) is 6. The van der Waals surface area contributed by atoms with Gasteiger partial charge in [-0.2, -0.15) is 9.78 Å². The van der Waals surface area contributed by atoms with Crippen LogP contribution in [0.2, 0.25) is 5.02 Å². The van der Waals surface area contributed by atoms with E-state index in [1.165, 1.54) is 28.6 Å². The number of aromatic nitrogens is 5. The molecule has 0 fully saturated rings. The van der Waals surface area contributed by atoms with Crippen molar-refractivity contribution in [1.82, 2.24) is 30.7 Å². The van der Waals surface area contributed by atoms with Gasteiger partial charge in [0.25, 0.3) is 5.91 Å². The quantitative estimate of drug-likeness (QED) is 0.230. The van der Waals surface area contributed by atoms with E-state index in [4.69, 9.17) is 17.3 Å². The molecule has 2 heterocycles. The number of benzene rings is 2. The highest BCUT2D eigenvalue weighted by Crippen LogP contribution is 2.27. The summed E-state index contributed by atoms with van der Waals surface area (Å²) in [4.78, 5) is 13.8. The number of anilines is 1. The second-order valence-electron chi connectivity index (χ2n) is 6.66. The molecular weight excluding hydrogens is 471 g/mol. The van der Waals surface area contributed by atoms with Crippen LogP contribution in [0, 0.1) is 5.82 Å². The van der Waals surface area contributed by atoms with E-state index in [2.05, 4.69) is 35.8 Å². The molecule has 4 aromatic rings. The molecule has 1 amide bonds. The van der Waals surface area contributed by atoms with Gasteiger partial charge in [-0.25, -0.2) is 14.4 Å². The number of halogens is 2. The summed E-state index contributed by atoms with van der Waals surface area (Å²) in [7, 11) is 0. The average Bonchev–Trinajstić information content (AvgIpc) is 3.43. The predicted molar refractivity (Wildman–Crippen MR) is 121 cm³/mol. The van der Waals surface area contributed by atoms with Crippen LogP contribution in [0.3, 0.4) is 0 Å². The fourth-order valence-electron chi connectivity index (χ4n) is 2.74. The summed E-state index contributed by atoms with van der Waals surface area (Å²) in [5.41, 5.74) is 9.82. The van der Waals surface area contributed by atoms with Gasteiger partial charge in [-0.05, 0) is 59.2 Å². The summed E-state index contributed by atoms with van der Waals surface area (Å²) >= 11 is 7.37. The topological polar surface area (TPSA) is 137 Å². The Morgan fingerprint density at radius 2 is 1.94 bits per heavy atom. The van der Waals surface area contributed by atoms with Crippen molar-refractivity contribution in [2.45, 2.75) is 17.6 Å². The normalized spacial score (nSPS) is 11.5. The molecule has 0 saturated carbocycles. The Kier molecular flexibility index (Phi) is 6.66. The van der Waals surface area contributed by atoms with Crippen LogP contribution in [0.25, 0.3) is 5.82 Å². The van der Waals surface area contributed by atoms with Crippen molar-refractivity contribution in [2.24, 2.45) is 5.10 Å². The summed E-state index contributed by atoms with van der Waals surface area (Å²) in [6, 6.07) is 13.0. The van der Waals surface area contributed by atoms with Gasteiger partial charge in [-0.15, -0.1) is 16.9 Å². The first-order valence-corrected chi connectivity index (χ1v) is 10.8. The lowest BCUT2D eigenvalue weighted by Crippen LogP contribution is -2.21. The maximum absolute atomic E-state index is 13.1. The molecule has 0 saturated heterocycles. The van der Waals surface area contributed by atoms with E-state index in [0.29, 0.717) is 27.7 Å². The van der Waals surface area contributed by atoms with E-state index in [1.807, 2.05) is 12.1 Å². The molecule has 0 spiro atoms. The number of nitrogens with two attached hydrogens (primary N) is 1. The van der Waals surface area contributed by atoms with E-state index in [9.17, 15) is 9.18 Å². The highest BCUT2D eigenvalue weighted by Gasteiger charge is 2.24. The Morgan fingerprint density at radius 1 is 1.21 bits per heavy atom. The third-order valence-corrected chi connectivity index (χ3v) is 5.73. The average molecular weight is 487 g/mol. The third-order valence-electron chi connectivity index (χ3n) is 4.45. The molecule has 0 aliphatic rings. The van der Waals surface area contributed by atoms with E-state index in [1.54, 1.807) is 31.2 Å². The van der Waals surface area contributed by atoms with E-state index in [0.717, 1.165) is 4.90 Å². The van der Waals surface area contributed by atoms with Crippen molar-refractivity contribution >= 4 is 40.8 Å². The highest BCUT2D eigenvalue weighted by atomic mass is 35.5. The number of nitrogens with one attached hydrogen (secondary N) is 1. The van der Waals surface area contributed by atoms with Crippen LogP contribution in [0.5, 0.6) is 0 Å². The number of hydrazone groups is 1. The minimum atomic E-state index is -0.593. The SMILES string of the molecule is C/C(=N\NC(=O)c1nnn(-c2nonc2N)c1CSc1ccc(Cl)cc1)c1ccc(F)cc1. The van der Waals surface area contributed by atoms with Gasteiger partial charge < -0.3 is 5.73 Å². The summed E-state index contributed by atoms with van der Waals surface area (Å²) in [6.07, 6.45) is 0. The van der Waals surface area contributed by atoms with E-state index in [-0.39, 0.29) is 23.1 Å². The molecular formula is C20H16ClFN8O2S. The maximum atomic E-state index is 13.1. The molecule has 0 aliphatic carbocycles. The molecule has 33 heavy (non-hydrogen) atoms. The fraction of sp³-hybridized carbons (Fsp3) is 0.100. The zero-order chi connectivity index (χ0) is 23.4. The van der Waals surface area contributed by atoms with Gasteiger partial charge in [0.15, 0.2) is 5.69 Å². The van der Waals surface area contributed by atoms with Crippen molar-refractivity contribution in [3.05, 3.63) is 76.3 Å². The minimum Gasteiger partial charge on any atom is -0.378 e. The molecule has 2 aromatic heterocycles. The molecule has 0 unspecified atom stereocenters. The smallest absolute Gasteiger partial charge is 0.293 e. The van der Waals surface area contributed by atoms with Crippen LogP contribution in [-0.4, -0.2) is 36.9 Å². The lowest BCUT2D eigenvalue weighted by molar-refractivity contribution is 0.0949. The molecule has 0 atom stereocenters. The monoisotopic (exact) mass is 486 g/mol. The number of amides is 1. The Labute approximate surface area is 196 Å². The molecule has 168 valence electrons. The number of hydrogen-bond donors (Lipinski definition) is 2. The van der Waals surface area contributed by atoms with Crippen LogP contribution in [0.1, 0.15) is 28.7 Å². The highest BCUT2D eigenvalue weighted by molar-refractivity contribution is 7.98. The largest absolute Gasteiger partial charge is 0.378 e. The second kappa shape index (κ2) is 9.79. The van der Waals surface area contributed by atoms with Crippen LogP contribution in [-0.2, 0) is 5.75 Å². The van der Waals surface area contributed by atoms with E-state index < -0.39 is 5.91 Å². The Hall–Kier alpha value is -3.77. The van der Waals surface area contributed by atoms with Gasteiger partial charge in [0.1, 0.15) is 5.82 Å². The van der Waals surface area contributed by atoms with Crippen molar-refractivity contribution in [1.29, 1.82) is 0 Å². The van der Waals surface area contributed by atoms with Crippen LogP contribution >= 0.6 is 23.4 Å². The summed E-state index contributed by atoms with van der Waals surface area (Å²) in [5, 5.41) is 20.0. The summed E-state index contributed by atoms with van der Waals surface area (Å²) in [6.45, 7) is 1.68. The van der Waals surface area contributed by atoms with Gasteiger partial charge in [0, 0.05) is 15.7 Å². The summed E-state index contributed by atoms with van der Waals surface area (Å²) in [5.74, 6) is -0.556. The maximum Gasteiger partial charge on any atom is 0.293 e. The number of thioether (sulfide) groups is 1. The Balaban J connectivity index is 1.59. The first-order valence-electron chi connectivity index (χ1n) is 9.44. The molecule has 3 N–H and O–H groups in total. The molecule has 13 heteroatoms. The zero-order valence-electron chi connectivity index (χ0n) is 17.1. The molecule has 4 rings (SSSR count). The molecule has 0 aliphatic heterocycles. The molecule has 0 radical (unpaired) electrons. The molecule has 2 aromatic carbocycles. The van der Waals surface area contributed by atoms with Crippen molar-refractivity contribution in [3.63, 3.8) is 0 Å². The number of carbonyl (C=O) groups is 1. The number of nitrogen functional groups attached to an aromatic ring is 1. The van der Waals surface area contributed by atoms with Gasteiger partial charge in [0.05, 0.1) is 11.4 Å². The van der Waals surface area contributed by atoms with Gasteiger partial charge in [-0.3, -0.25) is 4.79 Å². The summed E-state index contributed by atoms with van der Waals surface area (Å²) < 4.78 is 19.1. The zero-order valence-corrected chi connectivity index (χ0v) is 18.6. The first kappa shape index (κ1) is 22.4. The van der Waals surface area contributed by atoms with Gasteiger partial charge in [0.2, 0.25) is 11.6 Å². The Bertz CT molecular complexity index is 1300. The van der Waals surface area contributed by atoms with Crippen LogP contribution < -0.4 is 11.2 Å². The second-order valence-corrected chi connectivity index (χ2v) is 8.14. The van der Waals surface area contributed by atoms with Crippen molar-refractivity contribution < 1.29 is 13.8 Å². The van der Waals surface area contributed by atoms with Crippen LogP contribution in [0.4, 0.5) is 10.2 Å². The standard InChI is InChI=1S/C20H16ClFN8O2S/c1-11(12-2-6-14(22)7-3-12)24-26-20(31)17-16(10-33-15-8-4-13(21)5-9-15)30(29-25-17)19-18(23)27-32-28-19/h2-9H,10H2,1H3,(H2,23,27)(H,26,31)/b24-11+. The van der Waals surface area contributed by atoms with Crippen LogP contribution in [0.15, 0.2) is 63.2 Å². The number of carbonyl (C=O) groups excluding carboxylic acids is 1. The lowest BCUT2D eigenvalue weighted by atomic mass is 10.1. The number of hydrogen-bond acceptors (Lipinski definition) is 9. The predicted octanol–water partition coefficient (Wildman–Crippen LogP) is 3.47. The van der Waals surface area contributed by atoms with Gasteiger partial charge >= 0.3 is 0 Å². The third kappa shape index (κ3) is 5.18. The first-order chi connectivity index (χ1) is 15.9. The van der Waals surface area contributed by atoms with E-state index >= 15 is 0 Å². The fourth-order valence-corrected chi connectivity index (χ4v) is 3.76. The lowest BCUT2D eigenvalue weighted by Gasteiger charge is -2.06. The number of rotatable bonds is 7. The van der Waals surface area contributed by atoms with Crippen molar-refractivity contribution in [2.75, 3.05) is 5.73 Å². The molecule has 0 bridgehead atoms. The molecule has 10 nitrogen and oxygen atoms in total.